The van der Waals surface area contributed by atoms with Gasteiger partial charge in [0.15, 0.2) is 0 Å². The van der Waals surface area contributed by atoms with Crippen LogP contribution in [0.25, 0.3) is 0 Å². The van der Waals surface area contributed by atoms with Gasteiger partial charge in [-0.25, -0.2) is 0 Å². The molecule has 0 saturated carbocycles. The molecule has 1 amide bonds. The average Bonchev–Trinajstić information content (AvgIpc) is 3.06. The summed E-state index contributed by atoms with van der Waals surface area (Å²) in [6.07, 6.45) is 49.7. The SMILES string of the molecule is CCCCCCCC/C=C/CCCCCCCCCCCCCCCC(=O)N[C@@H](CO)[C@H](O)/C=C/C=C/CCCCCCCCC. The molecule has 0 aromatic heterocycles. The van der Waals surface area contributed by atoms with E-state index in [2.05, 4.69) is 37.4 Å². The van der Waals surface area contributed by atoms with Crippen LogP contribution >= 0.6 is 0 Å². The summed E-state index contributed by atoms with van der Waals surface area (Å²) in [5, 5.41) is 22.8. The molecule has 0 aliphatic heterocycles. The molecular formula is C42H79NO3. The first kappa shape index (κ1) is 44.6. The Hall–Kier alpha value is -1.39. The number of aliphatic hydroxyl groups is 2. The Morgan fingerprint density at radius 2 is 0.891 bits per heavy atom. The average molecular weight is 646 g/mol. The molecule has 0 aliphatic rings. The van der Waals surface area contributed by atoms with E-state index in [1.807, 2.05) is 12.2 Å². The summed E-state index contributed by atoms with van der Waals surface area (Å²) in [4.78, 5) is 12.3. The number of aliphatic hydroxyl groups excluding tert-OH is 2. The number of allylic oxidation sites excluding steroid dienone is 5. The van der Waals surface area contributed by atoms with E-state index in [0.29, 0.717) is 6.42 Å². The fourth-order valence-electron chi connectivity index (χ4n) is 5.99. The largest absolute Gasteiger partial charge is 0.394 e. The molecule has 0 bridgehead atoms. The van der Waals surface area contributed by atoms with Gasteiger partial charge >= 0.3 is 0 Å². The second-order valence-electron chi connectivity index (χ2n) is 13.7. The zero-order valence-electron chi connectivity index (χ0n) is 30.8. The quantitative estimate of drug-likeness (QED) is 0.0361. The van der Waals surface area contributed by atoms with Crippen LogP contribution in [0.3, 0.4) is 0 Å². The van der Waals surface area contributed by atoms with E-state index in [9.17, 15) is 15.0 Å². The van der Waals surface area contributed by atoms with Crippen molar-refractivity contribution in [1.29, 1.82) is 0 Å². The first-order chi connectivity index (χ1) is 22.7. The molecule has 0 radical (unpaired) electrons. The lowest BCUT2D eigenvalue weighted by molar-refractivity contribution is -0.123. The molecule has 2 atom stereocenters. The number of hydrogen-bond acceptors (Lipinski definition) is 3. The summed E-state index contributed by atoms with van der Waals surface area (Å²) in [5.74, 6) is -0.0825. The van der Waals surface area contributed by atoms with Gasteiger partial charge in [0.25, 0.3) is 0 Å². The Labute approximate surface area is 287 Å². The predicted octanol–water partition coefficient (Wildman–Crippen LogP) is 12.2. The van der Waals surface area contributed by atoms with E-state index < -0.39 is 12.1 Å². The summed E-state index contributed by atoms with van der Waals surface area (Å²) in [6, 6.07) is -0.651. The van der Waals surface area contributed by atoms with Gasteiger partial charge in [0, 0.05) is 6.42 Å². The van der Waals surface area contributed by atoms with Crippen LogP contribution in [0, 0.1) is 0 Å². The van der Waals surface area contributed by atoms with E-state index in [1.165, 1.54) is 167 Å². The van der Waals surface area contributed by atoms with Crippen LogP contribution in [0.5, 0.6) is 0 Å². The van der Waals surface area contributed by atoms with Gasteiger partial charge in [0.1, 0.15) is 0 Å². The van der Waals surface area contributed by atoms with Gasteiger partial charge in [-0.15, -0.1) is 0 Å². The number of nitrogens with one attached hydrogen (secondary N) is 1. The van der Waals surface area contributed by atoms with Gasteiger partial charge < -0.3 is 15.5 Å². The van der Waals surface area contributed by atoms with Crippen molar-refractivity contribution in [2.45, 2.75) is 219 Å². The first-order valence-corrected chi connectivity index (χ1v) is 20.2. The third-order valence-corrected chi connectivity index (χ3v) is 9.15. The Morgan fingerprint density at radius 1 is 0.522 bits per heavy atom. The Kier molecular flexibility index (Phi) is 36.9. The number of unbranched alkanes of at least 4 members (excludes halogenated alkanes) is 26. The van der Waals surface area contributed by atoms with E-state index >= 15 is 0 Å². The van der Waals surface area contributed by atoms with Crippen molar-refractivity contribution in [3.05, 3.63) is 36.5 Å². The van der Waals surface area contributed by atoms with Gasteiger partial charge in [-0.3, -0.25) is 4.79 Å². The molecule has 0 spiro atoms. The summed E-state index contributed by atoms with van der Waals surface area (Å²) < 4.78 is 0. The minimum absolute atomic E-state index is 0.0825. The molecule has 4 nitrogen and oxygen atoms in total. The molecule has 0 aliphatic carbocycles. The standard InChI is InChI=1S/C42H79NO3/c1-3-5-7-9-11-13-15-16-17-18-19-20-21-22-23-24-25-26-28-30-32-34-36-38-42(46)43-40(39-44)41(45)37-35-33-31-29-27-14-12-10-8-6-4-2/h16-17,31,33,35,37,40-41,44-45H,3-15,18-30,32,34,36,38-39H2,1-2H3,(H,43,46)/b17-16+,33-31+,37-35+/t40-,41+/m0/s1. The zero-order chi connectivity index (χ0) is 33.6. The molecule has 0 saturated heterocycles. The van der Waals surface area contributed by atoms with Crippen LogP contribution < -0.4 is 5.32 Å². The third-order valence-electron chi connectivity index (χ3n) is 9.15. The lowest BCUT2D eigenvalue weighted by Crippen LogP contribution is -2.45. The number of carbonyl (C=O) groups excluding carboxylic acids is 1. The maximum Gasteiger partial charge on any atom is 0.220 e. The maximum absolute atomic E-state index is 12.3. The molecule has 270 valence electrons. The summed E-state index contributed by atoms with van der Waals surface area (Å²) in [5.41, 5.74) is 0. The van der Waals surface area contributed by atoms with Crippen LogP contribution in [0.4, 0.5) is 0 Å². The van der Waals surface area contributed by atoms with E-state index in [-0.39, 0.29) is 12.5 Å². The molecule has 0 rings (SSSR count). The van der Waals surface area contributed by atoms with Crippen molar-refractivity contribution in [3.8, 4) is 0 Å². The molecule has 4 heteroatoms. The highest BCUT2D eigenvalue weighted by molar-refractivity contribution is 5.76. The Balaban J connectivity index is 3.55. The molecule has 3 N–H and O–H groups in total. The maximum atomic E-state index is 12.3. The molecule has 0 heterocycles. The second-order valence-corrected chi connectivity index (χ2v) is 13.7. The van der Waals surface area contributed by atoms with Gasteiger partial charge in [-0.05, 0) is 44.9 Å². The van der Waals surface area contributed by atoms with Gasteiger partial charge in [0.05, 0.1) is 18.8 Å². The Morgan fingerprint density at radius 3 is 1.30 bits per heavy atom. The minimum atomic E-state index is -0.885. The monoisotopic (exact) mass is 646 g/mol. The molecule has 0 aromatic rings. The summed E-state index contributed by atoms with van der Waals surface area (Å²) in [6.45, 7) is 4.26. The number of amides is 1. The highest BCUT2D eigenvalue weighted by atomic mass is 16.3. The van der Waals surface area contributed by atoms with Crippen molar-refractivity contribution < 1.29 is 15.0 Å². The summed E-state index contributed by atoms with van der Waals surface area (Å²) in [7, 11) is 0. The van der Waals surface area contributed by atoms with E-state index in [0.717, 1.165) is 19.3 Å². The van der Waals surface area contributed by atoms with Crippen molar-refractivity contribution >= 4 is 5.91 Å². The predicted molar refractivity (Wildman–Crippen MR) is 202 cm³/mol. The minimum Gasteiger partial charge on any atom is -0.394 e. The summed E-state index contributed by atoms with van der Waals surface area (Å²) >= 11 is 0. The van der Waals surface area contributed by atoms with Crippen LogP contribution in [-0.4, -0.2) is 34.9 Å². The van der Waals surface area contributed by atoms with Crippen molar-refractivity contribution in [2.75, 3.05) is 6.61 Å². The normalized spacial score (nSPS) is 13.4. The number of carbonyl (C=O) groups is 1. The smallest absolute Gasteiger partial charge is 0.220 e. The molecule has 0 unspecified atom stereocenters. The van der Waals surface area contributed by atoms with Crippen LogP contribution in [-0.2, 0) is 4.79 Å². The number of hydrogen-bond donors (Lipinski definition) is 3. The third kappa shape index (κ3) is 34.0. The first-order valence-electron chi connectivity index (χ1n) is 20.2. The van der Waals surface area contributed by atoms with Crippen molar-refractivity contribution in [2.24, 2.45) is 0 Å². The van der Waals surface area contributed by atoms with Crippen molar-refractivity contribution in [1.82, 2.24) is 5.32 Å². The fourth-order valence-corrected chi connectivity index (χ4v) is 5.99. The van der Waals surface area contributed by atoms with Gasteiger partial charge in [0.2, 0.25) is 5.91 Å². The van der Waals surface area contributed by atoms with Crippen molar-refractivity contribution in [3.63, 3.8) is 0 Å². The lowest BCUT2D eigenvalue weighted by atomic mass is 10.0. The molecule has 0 fully saturated rings. The highest BCUT2D eigenvalue weighted by Gasteiger charge is 2.17. The molecule has 46 heavy (non-hydrogen) atoms. The molecule has 0 aromatic carbocycles. The lowest BCUT2D eigenvalue weighted by Gasteiger charge is -2.19. The topological polar surface area (TPSA) is 69.6 Å². The van der Waals surface area contributed by atoms with Crippen LogP contribution in [0.1, 0.15) is 206 Å². The zero-order valence-corrected chi connectivity index (χ0v) is 30.8. The molecular weight excluding hydrogens is 566 g/mol. The van der Waals surface area contributed by atoms with E-state index in [1.54, 1.807) is 6.08 Å². The van der Waals surface area contributed by atoms with Crippen LogP contribution in [0.2, 0.25) is 0 Å². The van der Waals surface area contributed by atoms with E-state index in [4.69, 9.17) is 0 Å². The fraction of sp³-hybridized carbons (Fsp3) is 0.833. The Bertz CT molecular complexity index is 701. The van der Waals surface area contributed by atoms with Gasteiger partial charge in [-0.2, -0.15) is 0 Å². The second kappa shape index (κ2) is 38.1. The number of rotatable bonds is 36. The van der Waals surface area contributed by atoms with Crippen LogP contribution in [0.15, 0.2) is 36.5 Å². The van der Waals surface area contributed by atoms with Gasteiger partial charge in [-0.1, -0.05) is 192 Å². The highest BCUT2D eigenvalue weighted by Crippen LogP contribution is 2.14.